The molecule has 1 fully saturated rings. The summed E-state index contributed by atoms with van der Waals surface area (Å²) >= 11 is 0. The number of benzene rings is 1. The van der Waals surface area contributed by atoms with E-state index in [0.717, 1.165) is 36.8 Å². The zero-order chi connectivity index (χ0) is 15.5. The predicted octanol–water partition coefficient (Wildman–Crippen LogP) is 2.62. The van der Waals surface area contributed by atoms with E-state index in [1.54, 1.807) is 6.07 Å². The lowest BCUT2D eigenvalue weighted by molar-refractivity contribution is 0.199. The first-order valence-electron chi connectivity index (χ1n) is 7.67. The quantitative estimate of drug-likeness (QED) is 0.909. The van der Waals surface area contributed by atoms with E-state index in [-0.39, 0.29) is 19.2 Å². The average molecular weight is 311 g/mol. The third kappa shape index (κ3) is 3.65. The van der Waals surface area contributed by atoms with E-state index in [0.29, 0.717) is 4.90 Å². The summed E-state index contributed by atoms with van der Waals surface area (Å²) in [6.45, 7) is 3.76. The van der Waals surface area contributed by atoms with E-state index in [1.807, 2.05) is 26.0 Å². The normalized spacial score (nSPS) is 17.3. The smallest absolute Gasteiger partial charge is 0.243 e. The summed E-state index contributed by atoms with van der Waals surface area (Å²) in [5.41, 5.74) is 1.70. The Labute approximate surface area is 127 Å². The van der Waals surface area contributed by atoms with Crippen LogP contribution in [0, 0.1) is 13.8 Å². The third-order valence-corrected chi connectivity index (χ3v) is 6.33. The molecule has 1 aliphatic carbocycles. The molecule has 0 heterocycles. The summed E-state index contributed by atoms with van der Waals surface area (Å²) in [5, 5.41) is 9.30. The largest absolute Gasteiger partial charge is 0.395 e. The standard InChI is InChI=1S/C16H25NO3S/c1-13-8-9-14(2)16(12-13)21(19,20)17(10-11-18)15-6-4-3-5-7-15/h8-9,12,15,18H,3-7,10-11H2,1-2H3. The molecule has 4 nitrogen and oxygen atoms in total. The second kappa shape index (κ2) is 6.90. The molecule has 0 saturated heterocycles. The van der Waals surface area contributed by atoms with E-state index in [9.17, 15) is 13.5 Å². The fourth-order valence-corrected chi connectivity index (χ4v) is 5.07. The lowest BCUT2D eigenvalue weighted by atomic mass is 9.95. The minimum Gasteiger partial charge on any atom is -0.395 e. The van der Waals surface area contributed by atoms with Gasteiger partial charge < -0.3 is 5.11 Å². The Hall–Kier alpha value is -0.910. The van der Waals surface area contributed by atoms with Gasteiger partial charge in [0.05, 0.1) is 11.5 Å². The Bertz CT molecular complexity index is 577. The Morgan fingerprint density at radius 2 is 1.86 bits per heavy atom. The summed E-state index contributed by atoms with van der Waals surface area (Å²) in [6.07, 6.45) is 5.09. The molecule has 0 radical (unpaired) electrons. The van der Waals surface area contributed by atoms with E-state index in [1.165, 1.54) is 10.7 Å². The molecule has 0 aromatic heterocycles. The van der Waals surface area contributed by atoms with Gasteiger partial charge in [-0.15, -0.1) is 0 Å². The van der Waals surface area contributed by atoms with Crippen molar-refractivity contribution in [3.63, 3.8) is 0 Å². The van der Waals surface area contributed by atoms with Gasteiger partial charge in [0.2, 0.25) is 10.0 Å². The summed E-state index contributed by atoms with van der Waals surface area (Å²) in [4.78, 5) is 0.376. The summed E-state index contributed by atoms with van der Waals surface area (Å²) in [7, 11) is -3.54. The molecule has 0 unspecified atom stereocenters. The van der Waals surface area contributed by atoms with Gasteiger partial charge >= 0.3 is 0 Å². The molecule has 1 aliphatic rings. The lowest BCUT2D eigenvalue weighted by Crippen LogP contribution is -2.43. The van der Waals surface area contributed by atoms with Gasteiger partial charge in [-0.25, -0.2) is 8.42 Å². The van der Waals surface area contributed by atoms with Crippen LogP contribution < -0.4 is 0 Å². The fourth-order valence-electron chi connectivity index (χ4n) is 3.08. The minimum absolute atomic E-state index is 0.0239. The van der Waals surface area contributed by atoms with Crippen LogP contribution in [0.5, 0.6) is 0 Å². The molecule has 0 atom stereocenters. The zero-order valence-electron chi connectivity index (χ0n) is 12.9. The van der Waals surface area contributed by atoms with Gasteiger partial charge in [0.25, 0.3) is 0 Å². The van der Waals surface area contributed by atoms with Crippen LogP contribution in [0.4, 0.5) is 0 Å². The number of hydrogen-bond acceptors (Lipinski definition) is 3. The van der Waals surface area contributed by atoms with Crippen molar-refractivity contribution >= 4 is 10.0 Å². The predicted molar refractivity (Wildman–Crippen MR) is 83.8 cm³/mol. The van der Waals surface area contributed by atoms with Crippen molar-refractivity contribution in [1.82, 2.24) is 4.31 Å². The number of aliphatic hydroxyl groups is 1. The molecular formula is C16H25NO3S. The van der Waals surface area contributed by atoms with Gasteiger partial charge in [-0.05, 0) is 43.9 Å². The van der Waals surface area contributed by atoms with E-state index >= 15 is 0 Å². The molecule has 1 saturated carbocycles. The zero-order valence-corrected chi connectivity index (χ0v) is 13.7. The van der Waals surface area contributed by atoms with Crippen molar-refractivity contribution in [2.24, 2.45) is 0 Å². The highest BCUT2D eigenvalue weighted by Crippen LogP contribution is 2.29. The summed E-state index contributed by atoms with van der Waals surface area (Å²) < 4.78 is 27.5. The molecule has 0 bridgehead atoms. The second-order valence-electron chi connectivity index (χ2n) is 5.90. The third-order valence-electron chi connectivity index (χ3n) is 4.23. The van der Waals surface area contributed by atoms with Crippen LogP contribution in [-0.4, -0.2) is 37.0 Å². The van der Waals surface area contributed by atoms with Crippen LogP contribution in [0.25, 0.3) is 0 Å². The van der Waals surface area contributed by atoms with Crippen LogP contribution >= 0.6 is 0 Å². The second-order valence-corrected chi connectivity index (χ2v) is 7.76. The highest BCUT2D eigenvalue weighted by molar-refractivity contribution is 7.89. The number of rotatable bonds is 5. The molecule has 1 N–H and O–H groups in total. The van der Waals surface area contributed by atoms with Gasteiger partial charge in [-0.1, -0.05) is 31.4 Å². The highest BCUT2D eigenvalue weighted by Gasteiger charge is 2.32. The molecular weight excluding hydrogens is 286 g/mol. The first-order valence-corrected chi connectivity index (χ1v) is 9.11. The average Bonchev–Trinajstić information content (AvgIpc) is 2.48. The molecule has 2 rings (SSSR count). The molecule has 1 aromatic rings. The van der Waals surface area contributed by atoms with Crippen molar-refractivity contribution in [3.05, 3.63) is 29.3 Å². The maximum absolute atomic E-state index is 13.0. The van der Waals surface area contributed by atoms with E-state index in [4.69, 9.17) is 0 Å². The molecule has 0 amide bonds. The first kappa shape index (κ1) is 16.5. The maximum atomic E-state index is 13.0. The Morgan fingerprint density at radius 3 is 2.48 bits per heavy atom. The van der Waals surface area contributed by atoms with Crippen LogP contribution in [0.15, 0.2) is 23.1 Å². The maximum Gasteiger partial charge on any atom is 0.243 e. The SMILES string of the molecule is Cc1ccc(C)c(S(=O)(=O)N(CCO)C2CCCCC2)c1. The monoisotopic (exact) mass is 311 g/mol. The van der Waals surface area contributed by atoms with E-state index in [2.05, 4.69) is 0 Å². The number of hydrogen-bond donors (Lipinski definition) is 1. The van der Waals surface area contributed by atoms with Gasteiger partial charge in [0, 0.05) is 12.6 Å². The van der Waals surface area contributed by atoms with E-state index < -0.39 is 10.0 Å². The van der Waals surface area contributed by atoms with Crippen LogP contribution in [0.2, 0.25) is 0 Å². The van der Waals surface area contributed by atoms with Gasteiger partial charge in [0.1, 0.15) is 0 Å². The summed E-state index contributed by atoms with van der Waals surface area (Å²) in [6, 6.07) is 5.53. The van der Waals surface area contributed by atoms with Crippen molar-refractivity contribution in [2.75, 3.05) is 13.2 Å². The molecule has 1 aromatic carbocycles. The van der Waals surface area contributed by atoms with Crippen molar-refractivity contribution in [3.8, 4) is 0 Å². The van der Waals surface area contributed by atoms with Gasteiger partial charge in [-0.2, -0.15) is 4.31 Å². The number of nitrogens with zero attached hydrogens (tertiary/aromatic N) is 1. The first-order chi connectivity index (χ1) is 9.96. The minimum atomic E-state index is -3.54. The van der Waals surface area contributed by atoms with Crippen LogP contribution in [0.1, 0.15) is 43.2 Å². The van der Waals surface area contributed by atoms with Crippen LogP contribution in [0.3, 0.4) is 0 Å². The van der Waals surface area contributed by atoms with Crippen molar-refractivity contribution in [2.45, 2.75) is 56.9 Å². The van der Waals surface area contributed by atoms with Gasteiger partial charge in [-0.3, -0.25) is 0 Å². The summed E-state index contributed by atoms with van der Waals surface area (Å²) in [5.74, 6) is 0. The molecule has 118 valence electrons. The molecule has 0 aliphatic heterocycles. The molecule has 5 heteroatoms. The molecule has 21 heavy (non-hydrogen) atoms. The topological polar surface area (TPSA) is 57.6 Å². The van der Waals surface area contributed by atoms with Gasteiger partial charge in [0.15, 0.2) is 0 Å². The lowest BCUT2D eigenvalue weighted by Gasteiger charge is -2.33. The fraction of sp³-hybridized carbons (Fsp3) is 0.625. The van der Waals surface area contributed by atoms with Crippen LogP contribution in [-0.2, 0) is 10.0 Å². The Kier molecular flexibility index (Phi) is 5.41. The molecule has 0 spiro atoms. The number of aliphatic hydroxyl groups excluding tert-OH is 1. The highest BCUT2D eigenvalue weighted by atomic mass is 32.2. The van der Waals surface area contributed by atoms with Crippen molar-refractivity contribution < 1.29 is 13.5 Å². The van der Waals surface area contributed by atoms with Crippen molar-refractivity contribution in [1.29, 1.82) is 0 Å². The Balaban J connectivity index is 2.39. The number of sulfonamides is 1. The number of aryl methyl sites for hydroxylation is 2. The Morgan fingerprint density at radius 1 is 1.19 bits per heavy atom.